The van der Waals surface area contributed by atoms with Crippen molar-refractivity contribution in [2.75, 3.05) is 13.2 Å². The zero-order chi connectivity index (χ0) is 16.7. The first-order valence-electron chi connectivity index (χ1n) is 7.62. The van der Waals surface area contributed by atoms with Gasteiger partial charge in [0.25, 0.3) is 0 Å². The summed E-state index contributed by atoms with van der Waals surface area (Å²) in [5, 5.41) is 18.7. The van der Waals surface area contributed by atoms with Gasteiger partial charge in [0.05, 0.1) is 5.41 Å². The van der Waals surface area contributed by atoms with E-state index in [0.29, 0.717) is 31.1 Å². The van der Waals surface area contributed by atoms with Gasteiger partial charge in [-0.3, -0.25) is 9.83 Å². The van der Waals surface area contributed by atoms with Crippen molar-refractivity contribution in [2.24, 2.45) is 22.7 Å². The molecule has 6 nitrogen and oxygen atoms in total. The molecule has 4 bridgehead atoms. The van der Waals surface area contributed by atoms with Crippen molar-refractivity contribution >= 4 is 18.0 Å². The Balaban J connectivity index is 1.65. The molecule has 23 heavy (non-hydrogen) atoms. The van der Waals surface area contributed by atoms with Gasteiger partial charge in [-0.1, -0.05) is 0 Å². The highest BCUT2D eigenvalue weighted by Crippen LogP contribution is 2.65. The predicted molar refractivity (Wildman–Crippen MR) is 72.3 cm³/mol. The molecule has 0 saturated heterocycles. The number of hydrogen-bond acceptors (Lipinski definition) is 7. The lowest BCUT2D eigenvalue weighted by Gasteiger charge is -2.60. The molecular formula is C14H19F2O6S-. The van der Waals surface area contributed by atoms with Crippen LogP contribution in [0.4, 0.5) is 8.78 Å². The van der Waals surface area contributed by atoms with Gasteiger partial charge < -0.3 is 15.1 Å². The first-order valence-corrected chi connectivity index (χ1v) is 8.36. The van der Waals surface area contributed by atoms with Crippen LogP contribution in [0.25, 0.3) is 0 Å². The lowest BCUT2D eigenvalue weighted by atomic mass is 9.44. The van der Waals surface area contributed by atoms with E-state index in [2.05, 4.69) is 9.37 Å². The van der Waals surface area contributed by atoms with Gasteiger partial charge in [0, 0.05) is 6.61 Å². The van der Waals surface area contributed by atoms with E-state index in [0.717, 1.165) is 19.3 Å². The molecule has 4 aliphatic carbocycles. The van der Waals surface area contributed by atoms with Crippen LogP contribution in [0.1, 0.15) is 38.5 Å². The highest BCUT2D eigenvalue weighted by atomic mass is 32.2. The van der Waals surface area contributed by atoms with Crippen LogP contribution in [0.5, 0.6) is 0 Å². The Hall–Kier alpha value is -0.480. The molecule has 2 atom stereocenters. The number of carbonyl (C=O) groups is 1. The number of hydrogen-bond donors (Lipinski definition) is 1. The Kier molecular flexibility index (Phi) is 4.61. The Bertz CT molecular complexity index is 460. The third-order valence-electron chi connectivity index (χ3n) is 5.51. The quantitative estimate of drug-likeness (QED) is 0.322. The number of halogens is 2. The SMILES string of the molecule is O=C(OCC(F)(F)SOO[O-])C12CC3CC(CC(CO)(C3)C1)C2. The van der Waals surface area contributed by atoms with Crippen LogP contribution in [0.2, 0.25) is 0 Å². The zero-order valence-corrected chi connectivity index (χ0v) is 13.3. The molecule has 0 aromatic rings. The minimum absolute atomic E-state index is 0.0235. The number of rotatable bonds is 7. The van der Waals surface area contributed by atoms with Crippen molar-refractivity contribution < 1.29 is 38.0 Å². The summed E-state index contributed by atoms with van der Waals surface area (Å²) in [5.41, 5.74) is -1.02. The number of carbonyl (C=O) groups excluding carboxylic acids is 1. The summed E-state index contributed by atoms with van der Waals surface area (Å²) >= 11 is -0.484. The minimum atomic E-state index is -3.56. The van der Waals surface area contributed by atoms with E-state index in [1.807, 2.05) is 0 Å². The minimum Gasteiger partial charge on any atom is -0.691 e. The molecule has 4 rings (SSSR count). The average molecular weight is 353 g/mol. The fraction of sp³-hybridized carbons (Fsp3) is 0.929. The van der Waals surface area contributed by atoms with Crippen LogP contribution in [0, 0.1) is 22.7 Å². The van der Waals surface area contributed by atoms with Crippen molar-refractivity contribution in [3.8, 4) is 0 Å². The molecule has 0 aromatic carbocycles. The molecular weight excluding hydrogens is 334 g/mol. The molecule has 4 fully saturated rings. The lowest BCUT2D eigenvalue weighted by molar-refractivity contribution is -0.777. The Labute approximate surface area is 136 Å². The third kappa shape index (κ3) is 3.34. The number of aliphatic hydroxyl groups excluding tert-OH is 1. The maximum absolute atomic E-state index is 13.4. The standard InChI is InChI=1S/C14H20F2O6S/c15-14(16,23-22-21-19)8-20-11(18)13-4-9-1-10(5-13)3-12(2-9,6-13)7-17/h9-10,17,19H,1-8H2/p-1. The summed E-state index contributed by atoms with van der Waals surface area (Å²) in [6.45, 7) is -1.15. The average Bonchev–Trinajstić information content (AvgIpc) is 2.49. The van der Waals surface area contributed by atoms with Gasteiger partial charge in [-0.25, -0.2) is 0 Å². The molecule has 0 aliphatic heterocycles. The summed E-state index contributed by atoms with van der Waals surface area (Å²) in [5.74, 6) is 0.0683. The van der Waals surface area contributed by atoms with Crippen LogP contribution in [0.3, 0.4) is 0 Å². The van der Waals surface area contributed by atoms with Gasteiger partial charge >= 0.3 is 11.2 Å². The summed E-state index contributed by atoms with van der Waals surface area (Å²) < 4.78 is 35.2. The summed E-state index contributed by atoms with van der Waals surface area (Å²) in [6.07, 6.45) is 4.62. The first-order chi connectivity index (χ1) is 10.8. The van der Waals surface area contributed by atoms with Gasteiger partial charge in [0.2, 0.25) is 0 Å². The second-order valence-electron chi connectivity index (χ2n) is 7.33. The molecule has 0 spiro atoms. The van der Waals surface area contributed by atoms with Crippen LogP contribution < -0.4 is 5.26 Å². The van der Waals surface area contributed by atoms with E-state index in [-0.39, 0.29) is 12.0 Å². The summed E-state index contributed by atoms with van der Waals surface area (Å²) in [4.78, 5) is 12.5. The number of ether oxygens (including phenoxy) is 1. The molecule has 0 amide bonds. The topological polar surface area (TPSA) is 88.1 Å². The molecule has 2 unspecified atom stereocenters. The molecule has 0 heterocycles. The van der Waals surface area contributed by atoms with E-state index >= 15 is 0 Å². The Morgan fingerprint density at radius 2 is 1.96 bits per heavy atom. The Morgan fingerprint density at radius 1 is 1.30 bits per heavy atom. The van der Waals surface area contributed by atoms with E-state index < -0.39 is 35.3 Å². The van der Waals surface area contributed by atoms with Crippen LogP contribution in [-0.4, -0.2) is 29.5 Å². The van der Waals surface area contributed by atoms with E-state index in [9.17, 15) is 23.9 Å². The van der Waals surface area contributed by atoms with Crippen molar-refractivity contribution in [3.63, 3.8) is 0 Å². The molecule has 0 aromatic heterocycles. The fourth-order valence-electron chi connectivity index (χ4n) is 5.27. The number of alkyl halides is 2. The molecule has 9 heteroatoms. The van der Waals surface area contributed by atoms with E-state index in [4.69, 9.17) is 4.74 Å². The molecule has 132 valence electrons. The van der Waals surface area contributed by atoms with E-state index in [1.54, 1.807) is 0 Å². The van der Waals surface area contributed by atoms with Gasteiger partial charge in [-0.2, -0.15) is 13.1 Å². The van der Waals surface area contributed by atoms with E-state index in [1.165, 1.54) is 0 Å². The normalized spacial score (nSPS) is 38.8. The lowest BCUT2D eigenvalue weighted by Crippen LogP contribution is -2.56. The summed E-state index contributed by atoms with van der Waals surface area (Å²) in [6, 6.07) is 0. The maximum atomic E-state index is 13.4. The largest absolute Gasteiger partial charge is 0.691 e. The van der Waals surface area contributed by atoms with Crippen molar-refractivity contribution in [1.82, 2.24) is 0 Å². The van der Waals surface area contributed by atoms with Gasteiger partial charge in [0.1, 0.15) is 12.0 Å². The fourth-order valence-corrected chi connectivity index (χ4v) is 5.50. The monoisotopic (exact) mass is 353 g/mol. The molecule has 1 N–H and O–H groups in total. The highest BCUT2D eigenvalue weighted by molar-refractivity contribution is 7.95. The van der Waals surface area contributed by atoms with Gasteiger partial charge in [-0.15, -0.1) is 0 Å². The number of aliphatic hydroxyl groups is 1. The van der Waals surface area contributed by atoms with Crippen LogP contribution >= 0.6 is 12.0 Å². The predicted octanol–water partition coefficient (Wildman–Crippen LogP) is 1.57. The van der Waals surface area contributed by atoms with Gasteiger partial charge in [-0.05, 0) is 55.8 Å². The molecule has 0 radical (unpaired) electrons. The first kappa shape index (κ1) is 17.3. The second kappa shape index (κ2) is 6.11. The van der Waals surface area contributed by atoms with Crippen molar-refractivity contribution in [1.29, 1.82) is 0 Å². The van der Waals surface area contributed by atoms with Gasteiger partial charge in [0.15, 0.2) is 6.61 Å². The highest BCUT2D eigenvalue weighted by Gasteiger charge is 2.61. The smallest absolute Gasteiger partial charge is 0.354 e. The zero-order valence-electron chi connectivity index (χ0n) is 12.5. The number of esters is 1. The molecule has 4 saturated carbocycles. The summed E-state index contributed by atoms with van der Waals surface area (Å²) in [7, 11) is 0. The van der Waals surface area contributed by atoms with Crippen molar-refractivity contribution in [3.05, 3.63) is 0 Å². The van der Waals surface area contributed by atoms with Crippen LogP contribution in [0.15, 0.2) is 0 Å². The third-order valence-corrected chi connectivity index (χ3v) is 5.99. The Morgan fingerprint density at radius 3 is 2.52 bits per heavy atom. The van der Waals surface area contributed by atoms with Crippen LogP contribution in [-0.2, 0) is 18.9 Å². The second-order valence-corrected chi connectivity index (χ2v) is 8.23. The molecule has 4 aliphatic rings. The maximum Gasteiger partial charge on any atom is 0.354 e. The van der Waals surface area contributed by atoms with Crippen molar-refractivity contribution in [2.45, 2.75) is 43.8 Å².